The highest BCUT2D eigenvalue weighted by molar-refractivity contribution is 5.30. The van der Waals surface area contributed by atoms with Crippen molar-refractivity contribution in [3.05, 3.63) is 0 Å². The Balaban J connectivity index is 2.24. The number of hydrogen-bond donors (Lipinski definition) is 0. The molecule has 0 nitrogen and oxygen atoms in total. The molecule has 0 saturated heterocycles. The molecule has 0 aliphatic heterocycles. The summed E-state index contributed by atoms with van der Waals surface area (Å²) in [4.78, 5) is 0. The van der Waals surface area contributed by atoms with Gasteiger partial charge in [0, 0.05) is 0 Å². The number of rotatable bonds is 2. The first kappa shape index (κ1) is 8.59. The zero-order valence-corrected chi connectivity index (χ0v) is 9.15. The van der Waals surface area contributed by atoms with E-state index in [1.54, 1.807) is 0 Å². The maximum atomic E-state index is 2.52. The SMILES string of the molecule is CCC1C(C)C2(CC)C(C)C12C. The van der Waals surface area contributed by atoms with Crippen molar-refractivity contribution < 1.29 is 0 Å². The van der Waals surface area contributed by atoms with Gasteiger partial charge < -0.3 is 0 Å². The summed E-state index contributed by atoms with van der Waals surface area (Å²) < 4.78 is 0. The third-order valence-electron chi connectivity index (χ3n) is 5.80. The molecule has 70 valence electrons. The van der Waals surface area contributed by atoms with Crippen LogP contribution in [0.25, 0.3) is 0 Å². The van der Waals surface area contributed by atoms with E-state index in [-0.39, 0.29) is 0 Å². The molecular formula is C12H22. The highest BCUT2D eigenvalue weighted by atomic mass is 14.9. The Morgan fingerprint density at radius 3 is 2.00 bits per heavy atom. The highest BCUT2D eigenvalue weighted by Gasteiger charge is 2.83. The van der Waals surface area contributed by atoms with Gasteiger partial charge >= 0.3 is 0 Å². The standard InChI is InChI=1S/C12H22/c1-6-10-8(3)12(7-2)9(4)11(10,12)5/h8-10H,6-7H2,1-5H3. The summed E-state index contributed by atoms with van der Waals surface area (Å²) in [6.07, 6.45) is 2.80. The molecule has 2 aliphatic carbocycles. The zero-order chi connectivity index (χ0) is 9.15. The fourth-order valence-corrected chi connectivity index (χ4v) is 5.12. The normalized spacial score (nSPS) is 62.2. The van der Waals surface area contributed by atoms with Gasteiger partial charge in [0.2, 0.25) is 0 Å². The van der Waals surface area contributed by atoms with Crippen molar-refractivity contribution in [3.8, 4) is 0 Å². The van der Waals surface area contributed by atoms with Crippen LogP contribution in [0.1, 0.15) is 47.5 Å². The van der Waals surface area contributed by atoms with Crippen LogP contribution in [0.3, 0.4) is 0 Å². The third-order valence-corrected chi connectivity index (χ3v) is 5.80. The Labute approximate surface area is 76.7 Å². The summed E-state index contributed by atoms with van der Waals surface area (Å²) in [6.45, 7) is 12.2. The van der Waals surface area contributed by atoms with Crippen molar-refractivity contribution in [2.45, 2.75) is 47.5 Å². The van der Waals surface area contributed by atoms with Crippen LogP contribution in [-0.2, 0) is 0 Å². The average Bonchev–Trinajstić information content (AvgIpc) is 2.47. The van der Waals surface area contributed by atoms with Gasteiger partial charge in [-0.15, -0.1) is 0 Å². The molecule has 0 aromatic carbocycles. The molecule has 0 heterocycles. The van der Waals surface area contributed by atoms with Gasteiger partial charge in [-0.2, -0.15) is 0 Å². The predicted octanol–water partition coefficient (Wildman–Crippen LogP) is 3.71. The molecule has 0 radical (unpaired) electrons. The molecule has 0 amide bonds. The van der Waals surface area contributed by atoms with Crippen LogP contribution in [0.5, 0.6) is 0 Å². The zero-order valence-electron chi connectivity index (χ0n) is 9.15. The largest absolute Gasteiger partial charge is 0.0651 e. The Morgan fingerprint density at radius 1 is 1.17 bits per heavy atom. The van der Waals surface area contributed by atoms with E-state index in [1.807, 2.05) is 0 Å². The monoisotopic (exact) mass is 166 g/mol. The van der Waals surface area contributed by atoms with Gasteiger partial charge in [0.05, 0.1) is 0 Å². The van der Waals surface area contributed by atoms with E-state index in [2.05, 4.69) is 34.6 Å². The molecule has 0 heteroatoms. The molecule has 0 spiro atoms. The van der Waals surface area contributed by atoms with Gasteiger partial charge in [-0.3, -0.25) is 0 Å². The molecule has 0 bridgehead atoms. The van der Waals surface area contributed by atoms with Crippen molar-refractivity contribution >= 4 is 0 Å². The van der Waals surface area contributed by atoms with Crippen molar-refractivity contribution in [1.29, 1.82) is 0 Å². The fourth-order valence-electron chi connectivity index (χ4n) is 5.12. The van der Waals surface area contributed by atoms with Crippen LogP contribution in [0, 0.1) is 28.6 Å². The Hall–Kier alpha value is 0. The van der Waals surface area contributed by atoms with Crippen molar-refractivity contribution in [2.24, 2.45) is 28.6 Å². The molecule has 0 N–H and O–H groups in total. The average molecular weight is 166 g/mol. The second kappa shape index (κ2) is 2.08. The fraction of sp³-hybridized carbons (Fsp3) is 1.00. The van der Waals surface area contributed by atoms with E-state index >= 15 is 0 Å². The minimum absolute atomic E-state index is 0.732. The number of hydrogen-bond acceptors (Lipinski definition) is 0. The molecule has 0 aromatic rings. The van der Waals surface area contributed by atoms with E-state index in [9.17, 15) is 0 Å². The lowest BCUT2D eigenvalue weighted by molar-refractivity contribution is -0.00258. The quantitative estimate of drug-likeness (QED) is 0.586. The first-order valence-corrected chi connectivity index (χ1v) is 5.57. The van der Waals surface area contributed by atoms with Crippen molar-refractivity contribution in [1.82, 2.24) is 0 Å². The minimum Gasteiger partial charge on any atom is -0.0651 e. The predicted molar refractivity (Wildman–Crippen MR) is 52.9 cm³/mol. The van der Waals surface area contributed by atoms with Crippen LogP contribution in [-0.4, -0.2) is 0 Å². The smallest absolute Gasteiger partial charge is 0.0181 e. The van der Waals surface area contributed by atoms with Crippen LogP contribution < -0.4 is 0 Å². The molecule has 5 atom stereocenters. The lowest BCUT2D eigenvalue weighted by Gasteiger charge is -2.48. The topological polar surface area (TPSA) is 0 Å². The van der Waals surface area contributed by atoms with Gasteiger partial charge in [0.25, 0.3) is 0 Å². The summed E-state index contributed by atoms with van der Waals surface area (Å²) in [6, 6.07) is 0. The molecule has 5 unspecified atom stereocenters. The van der Waals surface area contributed by atoms with Gasteiger partial charge in [0.1, 0.15) is 0 Å². The lowest BCUT2D eigenvalue weighted by Crippen LogP contribution is -2.42. The molecule has 2 aliphatic rings. The Kier molecular flexibility index (Phi) is 1.49. The van der Waals surface area contributed by atoms with Crippen LogP contribution in [0.2, 0.25) is 0 Å². The van der Waals surface area contributed by atoms with Crippen LogP contribution in [0.4, 0.5) is 0 Å². The summed E-state index contributed by atoms with van der Waals surface area (Å²) in [5, 5.41) is 0. The van der Waals surface area contributed by atoms with E-state index in [1.165, 1.54) is 12.8 Å². The van der Waals surface area contributed by atoms with Gasteiger partial charge in [0.15, 0.2) is 0 Å². The third kappa shape index (κ3) is 0.506. The van der Waals surface area contributed by atoms with E-state index in [0.717, 1.165) is 28.6 Å². The van der Waals surface area contributed by atoms with Crippen molar-refractivity contribution in [3.63, 3.8) is 0 Å². The molecule has 2 fully saturated rings. The summed E-state index contributed by atoms with van der Waals surface area (Å²) in [7, 11) is 0. The van der Waals surface area contributed by atoms with Gasteiger partial charge in [-0.1, -0.05) is 41.0 Å². The molecular weight excluding hydrogens is 144 g/mol. The van der Waals surface area contributed by atoms with Gasteiger partial charge in [-0.05, 0) is 35.0 Å². The van der Waals surface area contributed by atoms with E-state index in [0.29, 0.717) is 0 Å². The second-order valence-corrected chi connectivity index (χ2v) is 5.20. The summed E-state index contributed by atoms with van der Waals surface area (Å²) in [5.41, 5.74) is 1.49. The maximum Gasteiger partial charge on any atom is -0.0181 e. The Bertz CT molecular complexity index is 208. The highest BCUT2D eigenvalue weighted by Crippen LogP contribution is 2.88. The van der Waals surface area contributed by atoms with Crippen molar-refractivity contribution in [2.75, 3.05) is 0 Å². The lowest BCUT2D eigenvalue weighted by atomic mass is 9.56. The second-order valence-electron chi connectivity index (χ2n) is 5.20. The van der Waals surface area contributed by atoms with Crippen LogP contribution in [0.15, 0.2) is 0 Å². The minimum atomic E-state index is 0.732. The molecule has 2 saturated carbocycles. The maximum absolute atomic E-state index is 2.52. The molecule has 12 heavy (non-hydrogen) atoms. The van der Waals surface area contributed by atoms with E-state index < -0.39 is 0 Å². The Morgan fingerprint density at radius 2 is 1.75 bits per heavy atom. The first-order valence-electron chi connectivity index (χ1n) is 5.57. The molecule has 2 rings (SSSR count). The summed E-state index contributed by atoms with van der Waals surface area (Å²) in [5.74, 6) is 3.01. The van der Waals surface area contributed by atoms with Crippen LogP contribution >= 0.6 is 0 Å². The van der Waals surface area contributed by atoms with E-state index in [4.69, 9.17) is 0 Å². The number of fused-ring (bicyclic) bond motifs is 1. The summed E-state index contributed by atoms with van der Waals surface area (Å²) >= 11 is 0. The molecule has 0 aromatic heterocycles. The first-order chi connectivity index (χ1) is 5.57. The van der Waals surface area contributed by atoms with Gasteiger partial charge in [-0.25, -0.2) is 0 Å².